The first kappa shape index (κ1) is 13.3. The highest BCUT2D eigenvalue weighted by molar-refractivity contribution is 4.99. The van der Waals surface area contributed by atoms with Crippen molar-refractivity contribution in [3.63, 3.8) is 0 Å². The number of ether oxygens (including phenoxy) is 3. The van der Waals surface area contributed by atoms with Crippen molar-refractivity contribution in [2.24, 2.45) is 11.8 Å². The van der Waals surface area contributed by atoms with Crippen LogP contribution in [0.4, 0.5) is 0 Å². The van der Waals surface area contributed by atoms with Crippen LogP contribution >= 0.6 is 0 Å². The molecule has 17 heavy (non-hydrogen) atoms. The van der Waals surface area contributed by atoms with Crippen molar-refractivity contribution in [3.8, 4) is 0 Å². The fourth-order valence-electron chi connectivity index (χ4n) is 2.35. The Hall–Kier alpha value is -0.120. The lowest BCUT2D eigenvalue weighted by atomic mass is 9.92. The standard InChI is InChI=1S/C14H26O3/c1-5-11(3)13(9-16-13)7-15-8-14(10-17-14)12(4)6-2/h11-12H,5-10H2,1-4H3. The van der Waals surface area contributed by atoms with Gasteiger partial charge in [0, 0.05) is 0 Å². The number of hydrogen-bond acceptors (Lipinski definition) is 3. The van der Waals surface area contributed by atoms with E-state index in [1.165, 1.54) is 0 Å². The molecule has 2 fully saturated rings. The average molecular weight is 242 g/mol. The van der Waals surface area contributed by atoms with Crippen LogP contribution in [0, 0.1) is 11.8 Å². The lowest BCUT2D eigenvalue weighted by Crippen LogP contribution is -2.33. The Labute approximate surface area is 105 Å². The molecule has 2 saturated heterocycles. The summed E-state index contributed by atoms with van der Waals surface area (Å²) in [5.41, 5.74) is 0.0283. The lowest BCUT2D eigenvalue weighted by Gasteiger charge is -2.22. The largest absolute Gasteiger partial charge is 0.375 e. The molecule has 0 saturated carbocycles. The van der Waals surface area contributed by atoms with E-state index in [2.05, 4.69) is 27.7 Å². The van der Waals surface area contributed by atoms with Crippen LogP contribution in [0.1, 0.15) is 40.5 Å². The molecule has 0 spiro atoms. The summed E-state index contributed by atoms with van der Waals surface area (Å²) in [4.78, 5) is 0. The summed E-state index contributed by atoms with van der Waals surface area (Å²) in [6.45, 7) is 12.1. The second kappa shape index (κ2) is 4.87. The minimum atomic E-state index is 0.0142. The van der Waals surface area contributed by atoms with Crippen LogP contribution in [-0.4, -0.2) is 37.6 Å². The van der Waals surface area contributed by atoms with Crippen LogP contribution in [0.5, 0.6) is 0 Å². The highest BCUT2D eigenvalue weighted by Gasteiger charge is 2.52. The van der Waals surface area contributed by atoms with Crippen LogP contribution in [0.3, 0.4) is 0 Å². The van der Waals surface area contributed by atoms with E-state index in [0.29, 0.717) is 11.8 Å². The van der Waals surface area contributed by atoms with Gasteiger partial charge >= 0.3 is 0 Å². The van der Waals surface area contributed by atoms with Crippen molar-refractivity contribution in [2.45, 2.75) is 51.7 Å². The molecule has 0 aromatic rings. The van der Waals surface area contributed by atoms with E-state index in [1.54, 1.807) is 0 Å². The summed E-state index contributed by atoms with van der Waals surface area (Å²) in [5, 5.41) is 0. The molecule has 4 atom stereocenters. The first-order chi connectivity index (χ1) is 8.08. The molecule has 0 radical (unpaired) electrons. The van der Waals surface area contributed by atoms with E-state index in [0.717, 1.165) is 39.3 Å². The van der Waals surface area contributed by atoms with Gasteiger partial charge in [0.05, 0.1) is 26.4 Å². The second-order valence-electron chi connectivity index (χ2n) is 5.82. The molecule has 4 unspecified atom stereocenters. The molecule has 0 aromatic heterocycles. The molecule has 0 aliphatic carbocycles. The number of hydrogen-bond donors (Lipinski definition) is 0. The Bertz CT molecular complexity index is 230. The van der Waals surface area contributed by atoms with Gasteiger partial charge in [-0.15, -0.1) is 0 Å². The summed E-state index contributed by atoms with van der Waals surface area (Å²) in [7, 11) is 0. The van der Waals surface area contributed by atoms with Gasteiger partial charge in [0.1, 0.15) is 11.2 Å². The highest BCUT2D eigenvalue weighted by Crippen LogP contribution is 2.40. The van der Waals surface area contributed by atoms with Gasteiger partial charge in [-0.3, -0.25) is 0 Å². The number of epoxide rings is 2. The van der Waals surface area contributed by atoms with Gasteiger partial charge in [0.25, 0.3) is 0 Å². The van der Waals surface area contributed by atoms with Crippen LogP contribution < -0.4 is 0 Å². The highest BCUT2D eigenvalue weighted by atomic mass is 16.6. The molecule has 0 aromatic carbocycles. The van der Waals surface area contributed by atoms with Crippen LogP contribution in [0.2, 0.25) is 0 Å². The third-order valence-corrected chi connectivity index (χ3v) is 4.74. The minimum Gasteiger partial charge on any atom is -0.375 e. The van der Waals surface area contributed by atoms with Crippen molar-refractivity contribution in [3.05, 3.63) is 0 Å². The van der Waals surface area contributed by atoms with E-state index in [9.17, 15) is 0 Å². The molecule has 2 heterocycles. The van der Waals surface area contributed by atoms with Crippen LogP contribution in [0.25, 0.3) is 0 Å². The Morgan fingerprint density at radius 2 is 1.29 bits per heavy atom. The molecule has 2 aliphatic heterocycles. The van der Waals surface area contributed by atoms with Gasteiger partial charge < -0.3 is 14.2 Å². The summed E-state index contributed by atoms with van der Waals surface area (Å²) in [5.74, 6) is 1.17. The fraction of sp³-hybridized carbons (Fsp3) is 1.00. The summed E-state index contributed by atoms with van der Waals surface area (Å²) in [6, 6.07) is 0. The van der Waals surface area contributed by atoms with E-state index in [1.807, 2.05) is 0 Å². The Morgan fingerprint density at radius 3 is 1.53 bits per heavy atom. The normalized spacial score (nSPS) is 38.8. The minimum absolute atomic E-state index is 0.0142. The molecule has 2 aliphatic rings. The maximum atomic E-state index is 5.88. The second-order valence-corrected chi connectivity index (χ2v) is 5.82. The monoisotopic (exact) mass is 242 g/mol. The van der Waals surface area contributed by atoms with E-state index in [4.69, 9.17) is 14.2 Å². The number of rotatable bonds is 8. The van der Waals surface area contributed by atoms with Gasteiger partial charge in [-0.2, -0.15) is 0 Å². The Balaban J connectivity index is 1.73. The average Bonchev–Trinajstić information content (AvgIpc) is 3.23. The predicted molar refractivity (Wildman–Crippen MR) is 67.1 cm³/mol. The van der Waals surface area contributed by atoms with Crippen molar-refractivity contribution in [1.29, 1.82) is 0 Å². The van der Waals surface area contributed by atoms with E-state index in [-0.39, 0.29) is 11.2 Å². The van der Waals surface area contributed by atoms with Crippen molar-refractivity contribution >= 4 is 0 Å². The fourth-order valence-corrected chi connectivity index (χ4v) is 2.35. The van der Waals surface area contributed by atoms with Gasteiger partial charge in [-0.25, -0.2) is 0 Å². The van der Waals surface area contributed by atoms with Gasteiger partial charge in [0.2, 0.25) is 0 Å². The zero-order chi connectivity index (χ0) is 12.5. The molecule has 100 valence electrons. The molecule has 3 nitrogen and oxygen atoms in total. The molecule has 2 rings (SSSR count). The van der Waals surface area contributed by atoms with Gasteiger partial charge in [0.15, 0.2) is 0 Å². The Kier molecular flexibility index (Phi) is 3.81. The van der Waals surface area contributed by atoms with Crippen molar-refractivity contribution in [2.75, 3.05) is 26.4 Å². The van der Waals surface area contributed by atoms with Gasteiger partial charge in [-0.05, 0) is 11.8 Å². The first-order valence-corrected chi connectivity index (χ1v) is 6.94. The third-order valence-electron chi connectivity index (χ3n) is 4.74. The first-order valence-electron chi connectivity index (χ1n) is 6.94. The lowest BCUT2D eigenvalue weighted by molar-refractivity contribution is 0.0121. The maximum Gasteiger partial charge on any atom is 0.117 e. The SMILES string of the molecule is CCC(C)C1(COCC2(C(C)CC)CO2)CO1. The molecule has 3 heteroatoms. The summed E-state index contributed by atoms with van der Waals surface area (Å²) in [6.07, 6.45) is 2.30. The smallest absolute Gasteiger partial charge is 0.117 e. The zero-order valence-corrected chi connectivity index (χ0v) is 11.6. The molecule has 0 bridgehead atoms. The predicted octanol–water partition coefficient (Wildman–Crippen LogP) is 2.63. The Morgan fingerprint density at radius 1 is 0.941 bits per heavy atom. The van der Waals surface area contributed by atoms with Crippen LogP contribution in [-0.2, 0) is 14.2 Å². The zero-order valence-electron chi connectivity index (χ0n) is 11.6. The van der Waals surface area contributed by atoms with Gasteiger partial charge in [-0.1, -0.05) is 40.5 Å². The molecule has 0 N–H and O–H groups in total. The quantitative estimate of drug-likeness (QED) is 0.614. The maximum absolute atomic E-state index is 5.88. The molecular formula is C14H26O3. The topological polar surface area (TPSA) is 34.3 Å². The van der Waals surface area contributed by atoms with Crippen molar-refractivity contribution < 1.29 is 14.2 Å². The third kappa shape index (κ3) is 2.67. The molecule has 0 amide bonds. The van der Waals surface area contributed by atoms with E-state index >= 15 is 0 Å². The van der Waals surface area contributed by atoms with E-state index < -0.39 is 0 Å². The molecular weight excluding hydrogens is 216 g/mol. The summed E-state index contributed by atoms with van der Waals surface area (Å²) >= 11 is 0. The van der Waals surface area contributed by atoms with Crippen molar-refractivity contribution in [1.82, 2.24) is 0 Å². The van der Waals surface area contributed by atoms with Crippen LogP contribution in [0.15, 0.2) is 0 Å². The summed E-state index contributed by atoms with van der Waals surface area (Å²) < 4.78 is 17.1.